The van der Waals surface area contributed by atoms with Gasteiger partial charge in [0, 0.05) is 11.3 Å². The molecule has 0 aromatic heterocycles. The van der Waals surface area contributed by atoms with Crippen LogP contribution < -0.4 is 21.5 Å². The molecule has 7 unspecified atom stereocenters. The highest BCUT2D eigenvalue weighted by molar-refractivity contribution is 8.01. The number of amides is 1. The Labute approximate surface area is 138 Å². The molecule has 2 saturated heterocycles. The summed E-state index contributed by atoms with van der Waals surface area (Å²) in [5, 5.41) is 6.99. The molecule has 0 aromatic carbocycles. The lowest BCUT2D eigenvalue weighted by atomic mass is 9.68. The number of carbonyl (C=O) groups is 1. The van der Waals surface area contributed by atoms with Gasteiger partial charge in [-0.15, -0.1) is 23.5 Å². The van der Waals surface area contributed by atoms with Crippen LogP contribution in [0.5, 0.6) is 0 Å². The molecule has 4 rings (SSSR count). The van der Waals surface area contributed by atoms with Crippen LogP contribution in [-0.4, -0.2) is 40.1 Å². The zero-order valence-electron chi connectivity index (χ0n) is 12.4. The van der Waals surface area contributed by atoms with Crippen molar-refractivity contribution in [2.45, 2.75) is 60.4 Å². The summed E-state index contributed by atoms with van der Waals surface area (Å²) in [7, 11) is 0. The number of rotatable bonds is 2. The third kappa shape index (κ3) is 3.00. The predicted molar refractivity (Wildman–Crippen MR) is 87.7 cm³/mol. The summed E-state index contributed by atoms with van der Waals surface area (Å²) >= 11 is 3.41. The van der Waals surface area contributed by atoms with Gasteiger partial charge in [0.2, 0.25) is 0 Å². The molecule has 4 fully saturated rings. The Morgan fingerprint density at radius 2 is 2.14 bits per heavy atom. The van der Waals surface area contributed by atoms with Crippen LogP contribution in [0.2, 0.25) is 0 Å². The minimum absolute atomic E-state index is 0.00708. The van der Waals surface area contributed by atoms with Crippen molar-refractivity contribution < 1.29 is 9.18 Å². The lowest BCUT2D eigenvalue weighted by molar-refractivity contribution is -0.121. The molecular formula is C14H23FN4OS2. The van der Waals surface area contributed by atoms with E-state index in [0.717, 1.165) is 38.0 Å². The van der Waals surface area contributed by atoms with Gasteiger partial charge in [-0.1, -0.05) is 0 Å². The first-order valence-electron chi connectivity index (χ1n) is 8.16. The largest absolute Gasteiger partial charge is 0.330 e. The van der Waals surface area contributed by atoms with Crippen molar-refractivity contribution in [2.24, 2.45) is 11.8 Å². The van der Waals surface area contributed by atoms with Crippen LogP contribution in [0, 0.1) is 11.8 Å². The van der Waals surface area contributed by atoms with Gasteiger partial charge in [0.1, 0.15) is 17.0 Å². The Hall–Kier alpha value is -0.0200. The quantitative estimate of drug-likeness (QED) is 0.601. The van der Waals surface area contributed by atoms with Gasteiger partial charge >= 0.3 is 0 Å². The minimum atomic E-state index is -0.592. The van der Waals surface area contributed by atoms with E-state index in [4.69, 9.17) is 0 Å². The summed E-state index contributed by atoms with van der Waals surface area (Å²) in [4.78, 5) is 12.2. The molecule has 4 aliphatic rings. The fourth-order valence-electron chi connectivity index (χ4n) is 4.34. The third-order valence-corrected chi connectivity index (χ3v) is 7.86. The Bertz CT molecular complexity index is 437. The highest BCUT2D eigenvalue weighted by atomic mass is 32.2. The van der Waals surface area contributed by atoms with Gasteiger partial charge in [-0.3, -0.25) is 10.1 Å². The average Bonchev–Trinajstić information content (AvgIpc) is 3.15. The van der Waals surface area contributed by atoms with E-state index >= 15 is 0 Å². The number of carbonyl (C=O) groups excluding carboxylic acids is 1. The normalized spacial score (nSPS) is 47.8. The molecule has 5 nitrogen and oxygen atoms in total. The van der Waals surface area contributed by atoms with E-state index in [9.17, 15) is 9.18 Å². The van der Waals surface area contributed by atoms with Crippen LogP contribution in [0.1, 0.15) is 32.1 Å². The van der Waals surface area contributed by atoms with Crippen LogP contribution in [0.3, 0.4) is 0 Å². The van der Waals surface area contributed by atoms with Gasteiger partial charge in [0.25, 0.3) is 5.91 Å². The van der Waals surface area contributed by atoms with E-state index in [2.05, 4.69) is 21.5 Å². The average molecular weight is 346 g/mol. The number of fused-ring (bicyclic) bond motifs is 3. The second-order valence-corrected chi connectivity index (χ2v) is 9.07. The Kier molecular flexibility index (Phi) is 4.56. The highest BCUT2D eigenvalue weighted by Gasteiger charge is 2.47. The number of thioether (sulfide) groups is 2. The maximum absolute atomic E-state index is 13.6. The van der Waals surface area contributed by atoms with Crippen molar-refractivity contribution in [3.63, 3.8) is 0 Å². The molecule has 2 aliphatic carbocycles. The van der Waals surface area contributed by atoms with Crippen LogP contribution in [0.15, 0.2) is 0 Å². The van der Waals surface area contributed by atoms with Crippen molar-refractivity contribution in [1.29, 1.82) is 0 Å². The number of nitrogens with one attached hydrogen (secondary N) is 4. The first-order chi connectivity index (χ1) is 10.7. The molecule has 2 saturated carbocycles. The number of hydrazine groups is 1. The summed E-state index contributed by atoms with van der Waals surface area (Å²) in [6.07, 6.45) is 4.12. The van der Waals surface area contributed by atoms with Gasteiger partial charge in [0.15, 0.2) is 0 Å². The van der Waals surface area contributed by atoms with Crippen LogP contribution in [0.4, 0.5) is 4.39 Å². The summed E-state index contributed by atoms with van der Waals surface area (Å²) in [5.74, 6) is 1.95. The van der Waals surface area contributed by atoms with Gasteiger partial charge < -0.3 is 5.32 Å². The maximum atomic E-state index is 13.6. The van der Waals surface area contributed by atoms with E-state index in [1.807, 2.05) is 11.8 Å². The molecule has 22 heavy (non-hydrogen) atoms. The molecule has 0 spiro atoms. The smallest absolute Gasteiger partial charge is 0.250 e. The SMILES string of the molecule is O=C(NC1NC2CCC3CC(F)CCC3C2S1)C1NNCS1. The summed E-state index contributed by atoms with van der Waals surface area (Å²) in [6, 6.07) is 0.468. The summed E-state index contributed by atoms with van der Waals surface area (Å²) in [6.45, 7) is 0. The van der Waals surface area contributed by atoms with Crippen LogP contribution >= 0.6 is 23.5 Å². The summed E-state index contributed by atoms with van der Waals surface area (Å²) in [5.41, 5.74) is 5.92. The number of alkyl halides is 1. The van der Waals surface area contributed by atoms with Gasteiger partial charge in [0.05, 0.1) is 5.88 Å². The van der Waals surface area contributed by atoms with Gasteiger partial charge in [-0.25, -0.2) is 15.2 Å². The summed E-state index contributed by atoms with van der Waals surface area (Å²) < 4.78 is 13.6. The molecule has 0 radical (unpaired) electrons. The number of halogens is 1. The van der Waals surface area contributed by atoms with E-state index in [0.29, 0.717) is 23.1 Å². The first kappa shape index (κ1) is 15.5. The zero-order chi connectivity index (χ0) is 15.1. The first-order valence-corrected chi connectivity index (χ1v) is 10.2. The second-order valence-electron chi connectivity index (χ2n) is 6.69. The van der Waals surface area contributed by atoms with E-state index < -0.39 is 6.17 Å². The van der Waals surface area contributed by atoms with E-state index in [1.165, 1.54) is 0 Å². The van der Waals surface area contributed by atoms with Crippen molar-refractivity contribution in [3.05, 3.63) is 0 Å². The Morgan fingerprint density at radius 1 is 1.23 bits per heavy atom. The Balaban J connectivity index is 1.36. The fraction of sp³-hybridized carbons (Fsp3) is 0.929. The van der Waals surface area contributed by atoms with Gasteiger partial charge in [-0.2, -0.15) is 0 Å². The van der Waals surface area contributed by atoms with Crippen molar-refractivity contribution in [2.75, 3.05) is 5.88 Å². The van der Waals surface area contributed by atoms with Gasteiger partial charge in [-0.05, 0) is 43.9 Å². The molecule has 0 bridgehead atoms. The van der Waals surface area contributed by atoms with Crippen LogP contribution in [0.25, 0.3) is 0 Å². The second kappa shape index (κ2) is 6.47. The maximum Gasteiger partial charge on any atom is 0.250 e. The molecular weight excluding hydrogens is 323 g/mol. The molecule has 2 aliphatic heterocycles. The van der Waals surface area contributed by atoms with Crippen LogP contribution in [-0.2, 0) is 4.79 Å². The molecule has 8 heteroatoms. The molecule has 2 heterocycles. The lowest BCUT2D eigenvalue weighted by Gasteiger charge is -2.42. The van der Waals surface area contributed by atoms with E-state index in [-0.39, 0.29) is 16.8 Å². The highest BCUT2D eigenvalue weighted by Crippen LogP contribution is 2.48. The lowest BCUT2D eigenvalue weighted by Crippen LogP contribution is -2.50. The van der Waals surface area contributed by atoms with Crippen molar-refractivity contribution >= 4 is 29.4 Å². The molecule has 124 valence electrons. The fourth-order valence-corrected chi connectivity index (χ4v) is 6.77. The van der Waals surface area contributed by atoms with E-state index in [1.54, 1.807) is 11.8 Å². The monoisotopic (exact) mass is 346 g/mol. The molecule has 1 amide bonds. The third-order valence-electron chi connectivity index (χ3n) is 5.37. The predicted octanol–water partition coefficient (Wildman–Crippen LogP) is 1.13. The van der Waals surface area contributed by atoms with Crippen molar-refractivity contribution in [1.82, 2.24) is 21.5 Å². The number of hydrogen-bond donors (Lipinski definition) is 4. The zero-order valence-corrected chi connectivity index (χ0v) is 14.0. The molecule has 4 N–H and O–H groups in total. The molecule has 0 aromatic rings. The standard InChI is InChI=1S/C14H23FN4OS2/c15-8-2-3-9-7(5-8)1-4-10-11(9)22-14(17-10)18-12(20)13-19-16-6-21-13/h7-11,13-14,16-17,19H,1-6H2,(H,18,20). The molecule has 7 atom stereocenters. The Morgan fingerprint density at radius 3 is 2.95 bits per heavy atom. The van der Waals surface area contributed by atoms with Crippen molar-refractivity contribution in [3.8, 4) is 0 Å². The number of hydrogen-bond acceptors (Lipinski definition) is 6. The minimum Gasteiger partial charge on any atom is -0.330 e. The topological polar surface area (TPSA) is 65.2 Å².